The normalized spacial score (nSPS) is 14.8. The lowest BCUT2D eigenvalue weighted by Gasteiger charge is -2.27. The first-order chi connectivity index (χ1) is 12.1. The molecule has 0 heterocycles. The summed E-state index contributed by atoms with van der Waals surface area (Å²) in [5.74, 6) is 1.12. The fourth-order valence-corrected chi connectivity index (χ4v) is 4.20. The molecule has 0 saturated heterocycles. The molecule has 0 aromatic heterocycles. The third-order valence-corrected chi connectivity index (χ3v) is 6.05. The van der Waals surface area contributed by atoms with E-state index in [4.69, 9.17) is 12.6 Å². The standard InChI is InChI=1S/C23H30BIO/c1-8-9-23(7,25)26-22-16(4)12-20(13-21(22)24)18(6)19-10-14(2)17(5)15(3)11-19/h10-13,18H,8-9H2,1-7H3. The second kappa shape index (κ2) is 8.37. The maximum Gasteiger partial charge on any atom is 0.156 e. The summed E-state index contributed by atoms with van der Waals surface area (Å²) in [4.78, 5) is 0. The van der Waals surface area contributed by atoms with Crippen LogP contribution in [-0.2, 0) is 0 Å². The summed E-state index contributed by atoms with van der Waals surface area (Å²) >= 11 is 2.38. The lowest BCUT2D eigenvalue weighted by molar-refractivity contribution is 0.193. The van der Waals surface area contributed by atoms with Crippen LogP contribution in [0.4, 0.5) is 0 Å². The topological polar surface area (TPSA) is 9.23 Å². The largest absolute Gasteiger partial charge is 0.478 e. The fourth-order valence-electron chi connectivity index (χ4n) is 3.44. The molecule has 2 aromatic carbocycles. The lowest BCUT2D eigenvalue weighted by Crippen LogP contribution is -2.27. The second-order valence-electron chi connectivity index (χ2n) is 7.71. The van der Waals surface area contributed by atoms with E-state index in [1.54, 1.807) is 0 Å². The molecule has 2 radical (unpaired) electrons. The fraction of sp³-hybridized carbons (Fsp3) is 0.478. The van der Waals surface area contributed by atoms with Crippen LogP contribution in [0.5, 0.6) is 5.75 Å². The van der Waals surface area contributed by atoms with Crippen molar-refractivity contribution in [3.05, 3.63) is 57.6 Å². The predicted molar refractivity (Wildman–Crippen MR) is 123 cm³/mol. The van der Waals surface area contributed by atoms with Crippen LogP contribution in [0, 0.1) is 27.7 Å². The zero-order chi connectivity index (χ0) is 19.6. The van der Waals surface area contributed by atoms with Gasteiger partial charge in [0.25, 0.3) is 0 Å². The Hall–Kier alpha value is -0.965. The molecule has 0 aliphatic carbocycles. The van der Waals surface area contributed by atoms with Crippen molar-refractivity contribution < 1.29 is 4.74 Å². The molecule has 3 heteroatoms. The Balaban J connectivity index is 2.37. The van der Waals surface area contributed by atoms with Crippen LogP contribution in [0.3, 0.4) is 0 Å². The third kappa shape index (κ3) is 4.85. The van der Waals surface area contributed by atoms with Crippen LogP contribution < -0.4 is 10.2 Å². The number of rotatable bonds is 6. The average molecular weight is 460 g/mol. The first-order valence-corrected chi connectivity index (χ1v) is 10.5. The zero-order valence-corrected chi connectivity index (χ0v) is 19.3. The quantitative estimate of drug-likeness (QED) is 0.284. The molecular weight excluding hydrogens is 430 g/mol. The Morgan fingerprint density at radius 3 is 2.00 bits per heavy atom. The Morgan fingerprint density at radius 2 is 1.50 bits per heavy atom. The molecule has 1 nitrogen and oxygen atoms in total. The number of halogens is 1. The Labute approximate surface area is 174 Å². The minimum Gasteiger partial charge on any atom is -0.478 e. The molecule has 2 atom stereocenters. The van der Waals surface area contributed by atoms with Crippen LogP contribution >= 0.6 is 22.6 Å². The minimum atomic E-state index is -0.232. The van der Waals surface area contributed by atoms with E-state index in [0.29, 0.717) is 5.92 Å². The smallest absolute Gasteiger partial charge is 0.156 e. The van der Waals surface area contributed by atoms with Gasteiger partial charge >= 0.3 is 0 Å². The van der Waals surface area contributed by atoms with E-state index in [1.807, 2.05) is 0 Å². The van der Waals surface area contributed by atoms with Gasteiger partial charge in [-0.25, -0.2) is 0 Å². The number of alkyl halides is 1. The molecule has 0 saturated carbocycles. The van der Waals surface area contributed by atoms with Gasteiger partial charge in [-0.05, 0) is 97.0 Å². The monoisotopic (exact) mass is 460 g/mol. The van der Waals surface area contributed by atoms with Gasteiger partial charge < -0.3 is 4.74 Å². The van der Waals surface area contributed by atoms with Gasteiger partial charge in [0.2, 0.25) is 0 Å². The van der Waals surface area contributed by atoms with E-state index in [0.717, 1.165) is 29.6 Å². The molecule has 2 aromatic rings. The molecule has 0 bridgehead atoms. The van der Waals surface area contributed by atoms with Gasteiger partial charge in [0.05, 0.1) is 0 Å². The van der Waals surface area contributed by atoms with E-state index >= 15 is 0 Å². The van der Waals surface area contributed by atoms with Gasteiger partial charge in [-0.15, -0.1) is 0 Å². The summed E-state index contributed by atoms with van der Waals surface area (Å²) in [6.07, 6.45) is 2.08. The molecule has 2 unspecified atom stereocenters. The second-order valence-corrected chi connectivity index (χ2v) is 9.99. The van der Waals surface area contributed by atoms with Gasteiger partial charge in [-0.3, -0.25) is 0 Å². The lowest BCUT2D eigenvalue weighted by atomic mass is 9.84. The molecular formula is C23H30BIO. The van der Waals surface area contributed by atoms with Gasteiger partial charge in [-0.1, -0.05) is 50.0 Å². The van der Waals surface area contributed by atoms with Crippen LogP contribution in [-0.4, -0.2) is 11.5 Å². The first-order valence-electron chi connectivity index (χ1n) is 9.41. The first kappa shape index (κ1) is 21.3. The minimum absolute atomic E-state index is 0.232. The van der Waals surface area contributed by atoms with Crippen LogP contribution in [0.15, 0.2) is 24.3 Å². The third-order valence-electron chi connectivity index (χ3n) is 5.29. The van der Waals surface area contributed by atoms with E-state index in [2.05, 4.69) is 95.3 Å². The van der Waals surface area contributed by atoms with Gasteiger partial charge in [0, 0.05) is 5.92 Å². The van der Waals surface area contributed by atoms with Crippen molar-refractivity contribution in [1.82, 2.24) is 0 Å². The summed E-state index contributed by atoms with van der Waals surface area (Å²) in [6, 6.07) is 8.90. The molecule has 0 aliphatic heterocycles. The summed E-state index contributed by atoms with van der Waals surface area (Å²) in [5, 5.41) is 0. The van der Waals surface area contributed by atoms with E-state index in [1.165, 1.54) is 27.8 Å². The molecule has 2 rings (SSSR count). The molecule has 26 heavy (non-hydrogen) atoms. The zero-order valence-electron chi connectivity index (χ0n) is 17.2. The summed E-state index contributed by atoms with van der Waals surface area (Å²) < 4.78 is 6.03. The van der Waals surface area contributed by atoms with Crippen molar-refractivity contribution in [2.75, 3.05) is 0 Å². The number of benzene rings is 2. The van der Waals surface area contributed by atoms with Crippen molar-refractivity contribution >= 4 is 35.9 Å². The number of ether oxygens (including phenoxy) is 1. The predicted octanol–water partition coefficient (Wildman–Crippen LogP) is 6.20. The van der Waals surface area contributed by atoms with Crippen LogP contribution in [0.2, 0.25) is 0 Å². The van der Waals surface area contributed by atoms with Gasteiger partial charge in [-0.2, -0.15) is 0 Å². The highest BCUT2D eigenvalue weighted by Gasteiger charge is 2.23. The number of aryl methyl sites for hydroxylation is 3. The van der Waals surface area contributed by atoms with Gasteiger partial charge in [0.1, 0.15) is 13.6 Å². The van der Waals surface area contributed by atoms with E-state index in [9.17, 15) is 0 Å². The molecule has 0 spiro atoms. The molecule has 0 amide bonds. The van der Waals surface area contributed by atoms with Crippen molar-refractivity contribution in [3.63, 3.8) is 0 Å². The Morgan fingerprint density at radius 1 is 1.00 bits per heavy atom. The number of hydrogen-bond donors (Lipinski definition) is 0. The molecule has 138 valence electrons. The van der Waals surface area contributed by atoms with E-state index in [-0.39, 0.29) is 3.61 Å². The summed E-state index contributed by atoms with van der Waals surface area (Å²) in [5.41, 5.74) is 8.47. The Kier molecular flexibility index (Phi) is 6.87. The van der Waals surface area contributed by atoms with Crippen molar-refractivity contribution in [1.29, 1.82) is 0 Å². The van der Waals surface area contributed by atoms with E-state index < -0.39 is 0 Å². The highest BCUT2D eigenvalue weighted by molar-refractivity contribution is 14.1. The average Bonchev–Trinajstić information content (AvgIpc) is 2.54. The van der Waals surface area contributed by atoms with Gasteiger partial charge in [0.15, 0.2) is 3.61 Å². The molecule has 0 N–H and O–H groups in total. The highest BCUT2D eigenvalue weighted by atomic mass is 127. The van der Waals surface area contributed by atoms with Crippen molar-refractivity contribution in [3.8, 4) is 5.75 Å². The maximum absolute atomic E-state index is 6.40. The maximum atomic E-state index is 6.40. The molecule has 0 fully saturated rings. The highest BCUT2D eigenvalue weighted by Crippen LogP contribution is 2.33. The Bertz CT molecular complexity index is 749. The summed E-state index contributed by atoms with van der Waals surface area (Å²) in [7, 11) is 6.40. The molecule has 0 aliphatic rings. The van der Waals surface area contributed by atoms with Crippen LogP contribution in [0.25, 0.3) is 0 Å². The van der Waals surface area contributed by atoms with Crippen LogP contribution in [0.1, 0.15) is 72.9 Å². The summed E-state index contributed by atoms with van der Waals surface area (Å²) in [6.45, 7) is 15.2. The van der Waals surface area contributed by atoms with Crippen molar-refractivity contribution in [2.24, 2.45) is 0 Å². The number of hydrogen-bond acceptors (Lipinski definition) is 1. The van der Waals surface area contributed by atoms with Crippen molar-refractivity contribution in [2.45, 2.75) is 70.8 Å². The SMILES string of the molecule is [B]c1cc(C(C)c2cc(C)c(C)c(C)c2)cc(C)c1OC(C)(I)CCC.